The molecule has 0 unspecified atom stereocenters. The number of nitrogens with zero attached hydrogens (tertiary/aromatic N) is 3. The van der Waals surface area contributed by atoms with Gasteiger partial charge in [0.05, 0.1) is 0 Å². The van der Waals surface area contributed by atoms with Gasteiger partial charge in [-0.1, -0.05) is 18.7 Å². The van der Waals surface area contributed by atoms with Crippen molar-refractivity contribution < 1.29 is 13.2 Å². The molecular formula is C7H10F3N3S. The van der Waals surface area contributed by atoms with Crippen LogP contribution in [-0.4, -0.2) is 20.5 Å². The molecule has 1 heterocycles. The van der Waals surface area contributed by atoms with Crippen LogP contribution in [0.1, 0.15) is 19.2 Å². The van der Waals surface area contributed by atoms with E-state index in [1.165, 1.54) is 18.8 Å². The molecule has 1 rings (SSSR count). The van der Waals surface area contributed by atoms with Gasteiger partial charge < -0.3 is 4.57 Å². The maximum absolute atomic E-state index is 12.3. The molecule has 0 aliphatic rings. The smallest absolute Gasteiger partial charge is 0.302 e. The summed E-state index contributed by atoms with van der Waals surface area (Å²) in [5.74, 6) is -0.208. The van der Waals surface area contributed by atoms with E-state index in [9.17, 15) is 13.2 Å². The summed E-state index contributed by atoms with van der Waals surface area (Å²) in [5.41, 5.74) is 0. The summed E-state index contributed by atoms with van der Waals surface area (Å²) in [6.07, 6.45) is -3.54. The van der Waals surface area contributed by atoms with Gasteiger partial charge in [-0.25, -0.2) is 0 Å². The number of hydrogen-bond acceptors (Lipinski definition) is 3. The summed E-state index contributed by atoms with van der Waals surface area (Å²) in [7, 11) is 1.32. The molecule has 0 spiro atoms. The Morgan fingerprint density at radius 1 is 1.36 bits per heavy atom. The van der Waals surface area contributed by atoms with E-state index in [1.807, 2.05) is 6.92 Å². The van der Waals surface area contributed by atoms with Crippen LogP contribution in [0, 0.1) is 0 Å². The molecule has 14 heavy (non-hydrogen) atoms. The Morgan fingerprint density at radius 3 is 2.43 bits per heavy atom. The molecule has 1 aromatic heterocycles. The number of aromatic nitrogens is 3. The molecule has 0 atom stereocenters. The monoisotopic (exact) mass is 225 g/mol. The van der Waals surface area contributed by atoms with Crippen molar-refractivity contribution in [2.75, 3.05) is 5.75 Å². The summed E-state index contributed by atoms with van der Waals surface area (Å²) in [4.78, 5) is 0. The third-order valence-corrected chi connectivity index (χ3v) is 2.75. The van der Waals surface area contributed by atoms with Crippen molar-refractivity contribution in [3.63, 3.8) is 0 Å². The molecule has 0 aliphatic heterocycles. The Labute approximate surface area is 83.7 Å². The highest BCUT2D eigenvalue weighted by atomic mass is 32.2. The van der Waals surface area contributed by atoms with Crippen molar-refractivity contribution in [2.45, 2.75) is 24.7 Å². The number of halogens is 3. The van der Waals surface area contributed by atoms with Crippen LogP contribution >= 0.6 is 11.8 Å². The maximum Gasteiger partial charge on any atom is 0.451 e. The van der Waals surface area contributed by atoms with Gasteiger partial charge in [-0.2, -0.15) is 13.2 Å². The number of rotatable bonds is 3. The Hall–Kier alpha value is -0.720. The van der Waals surface area contributed by atoms with Gasteiger partial charge in [-0.3, -0.25) is 0 Å². The van der Waals surface area contributed by atoms with Crippen molar-refractivity contribution >= 4 is 11.8 Å². The second-order valence-electron chi connectivity index (χ2n) is 2.71. The lowest BCUT2D eigenvalue weighted by atomic mass is 10.6. The van der Waals surface area contributed by atoms with Gasteiger partial charge in [0.2, 0.25) is 5.82 Å². The van der Waals surface area contributed by atoms with Gasteiger partial charge in [0.1, 0.15) is 0 Å². The lowest BCUT2D eigenvalue weighted by molar-refractivity contribution is -0.147. The first-order chi connectivity index (χ1) is 6.46. The van der Waals surface area contributed by atoms with E-state index >= 15 is 0 Å². The zero-order valence-corrected chi connectivity index (χ0v) is 8.61. The maximum atomic E-state index is 12.3. The molecule has 3 nitrogen and oxygen atoms in total. The predicted molar refractivity (Wildman–Crippen MR) is 47.0 cm³/mol. The van der Waals surface area contributed by atoms with Crippen LogP contribution in [0.3, 0.4) is 0 Å². The molecule has 0 N–H and O–H groups in total. The molecule has 0 bridgehead atoms. The molecule has 0 aromatic carbocycles. The molecular weight excluding hydrogens is 215 g/mol. The van der Waals surface area contributed by atoms with Crippen molar-refractivity contribution in [3.05, 3.63) is 5.82 Å². The zero-order valence-electron chi connectivity index (χ0n) is 7.80. The van der Waals surface area contributed by atoms with Crippen LogP contribution in [0.4, 0.5) is 13.2 Å². The molecule has 80 valence electrons. The first-order valence-corrected chi connectivity index (χ1v) is 5.04. The van der Waals surface area contributed by atoms with Crippen molar-refractivity contribution in [3.8, 4) is 0 Å². The van der Waals surface area contributed by atoms with E-state index < -0.39 is 12.0 Å². The summed E-state index contributed by atoms with van der Waals surface area (Å²) in [6, 6.07) is 0. The van der Waals surface area contributed by atoms with E-state index in [0.717, 1.165) is 16.7 Å². The minimum Gasteiger partial charge on any atom is -0.302 e. The second-order valence-corrected chi connectivity index (χ2v) is 3.77. The minimum atomic E-state index is -4.42. The molecule has 0 amide bonds. The Kier molecular flexibility index (Phi) is 3.41. The van der Waals surface area contributed by atoms with Crippen LogP contribution in [0.15, 0.2) is 5.16 Å². The van der Waals surface area contributed by atoms with E-state index in [4.69, 9.17) is 0 Å². The Bertz CT molecular complexity index is 308. The molecule has 7 heteroatoms. The normalized spacial score (nSPS) is 12.1. The first kappa shape index (κ1) is 11.4. The summed E-state index contributed by atoms with van der Waals surface area (Å²) in [6.45, 7) is 1.95. The van der Waals surface area contributed by atoms with Crippen molar-refractivity contribution in [2.24, 2.45) is 7.05 Å². The van der Waals surface area contributed by atoms with Crippen molar-refractivity contribution in [1.29, 1.82) is 0 Å². The van der Waals surface area contributed by atoms with Crippen molar-refractivity contribution in [1.82, 2.24) is 14.8 Å². The number of hydrogen-bond donors (Lipinski definition) is 0. The molecule has 0 saturated carbocycles. The van der Waals surface area contributed by atoms with Crippen LogP contribution in [0.25, 0.3) is 0 Å². The highest BCUT2D eigenvalue weighted by Gasteiger charge is 2.37. The third kappa shape index (κ3) is 2.40. The predicted octanol–water partition coefficient (Wildman–Crippen LogP) is 2.34. The van der Waals surface area contributed by atoms with Crippen LogP contribution in [-0.2, 0) is 13.2 Å². The van der Waals surface area contributed by atoms with Crippen LogP contribution < -0.4 is 0 Å². The third-order valence-electron chi connectivity index (χ3n) is 1.52. The number of thioether (sulfide) groups is 1. The fraction of sp³-hybridized carbons (Fsp3) is 0.714. The fourth-order valence-electron chi connectivity index (χ4n) is 0.881. The van der Waals surface area contributed by atoms with Crippen LogP contribution in [0.5, 0.6) is 0 Å². The molecule has 0 fully saturated rings. The van der Waals surface area contributed by atoms with Gasteiger partial charge in [0, 0.05) is 12.8 Å². The lowest BCUT2D eigenvalue weighted by Crippen LogP contribution is -2.12. The van der Waals surface area contributed by atoms with E-state index in [2.05, 4.69) is 10.2 Å². The average molecular weight is 225 g/mol. The van der Waals surface area contributed by atoms with E-state index in [-0.39, 0.29) is 0 Å². The van der Waals surface area contributed by atoms with Crippen LogP contribution in [0.2, 0.25) is 0 Å². The fourth-order valence-corrected chi connectivity index (χ4v) is 1.65. The zero-order chi connectivity index (χ0) is 10.8. The van der Waals surface area contributed by atoms with Gasteiger partial charge in [0.15, 0.2) is 5.16 Å². The highest BCUT2D eigenvalue weighted by Crippen LogP contribution is 2.29. The van der Waals surface area contributed by atoms with Gasteiger partial charge in [0.25, 0.3) is 0 Å². The summed E-state index contributed by atoms with van der Waals surface area (Å²) >= 11 is 1.27. The quantitative estimate of drug-likeness (QED) is 0.740. The van der Waals surface area contributed by atoms with Gasteiger partial charge >= 0.3 is 6.18 Å². The van der Waals surface area contributed by atoms with E-state index in [1.54, 1.807) is 0 Å². The average Bonchev–Trinajstić information content (AvgIpc) is 2.42. The first-order valence-electron chi connectivity index (χ1n) is 4.06. The summed E-state index contributed by atoms with van der Waals surface area (Å²) in [5, 5.41) is 6.89. The Morgan fingerprint density at radius 2 is 2.00 bits per heavy atom. The largest absolute Gasteiger partial charge is 0.451 e. The highest BCUT2D eigenvalue weighted by molar-refractivity contribution is 7.99. The standard InChI is InChI=1S/C7H10F3N3S/c1-3-4-14-6-12-11-5(13(6)2)7(8,9)10/h3-4H2,1-2H3. The number of alkyl halides is 3. The lowest BCUT2D eigenvalue weighted by Gasteiger charge is -2.05. The molecule has 0 saturated heterocycles. The second kappa shape index (κ2) is 4.20. The molecule has 0 aliphatic carbocycles. The van der Waals surface area contributed by atoms with Gasteiger partial charge in [-0.05, 0) is 6.42 Å². The molecule has 1 aromatic rings. The topological polar surface area (TPSA) is 30.7 Å². The van der Waals surface area contributed by atoms with E-state index in [0.29, 0.717) is 5.16 Å². The SMILES string of the molecule is CCCSc1nnc(C(F)(F)F)n1C. The van der Waals surface area contributed by atoms with Gasteiger partial charge in [-0.15, -0.1) is 10.2 Å². The minimum absolute atomic E-state index is 0.305. The Balaban J connectivity index is 2.86. The summed E-state index contributed by atoms with van der Waals surface area (Å²) < 4.78 is 37.7. The molecule has 0 radical (unpaired) electrons.